The Morgan fingerprint density at radius 3 is 2.64 bits per heavy atom. The second-order valence-corrected chi connectivity index (χ2v) is 3.10. The SMILES string of the molecule is Cc1cc(C=CCCN)c(F)cc1F. The molecule has 0 saturated heterocycles. The lowest BCUT2D eigenvalue weighted by Crippen LogP contribution is -1.95. The van der Waals surface area contributed by atoms with E-state index in [1.807, 2.05) is 0 Å². The van der Waals surface area contributed by atoms with E-state index in [1.165, 1.54) is 6.07 Å². The molecule has 76 valence electrons. The summed E-state index contributed by atoms with van der Waals surface area (Å²) in [4.78, 5) is 0. The maximum atomic E-state index is 13.1. The molecule has 0 atom stereocenters. The van der Waals surface area contributed by atoms with Crippen molar-refractivity contribution in [3.8, 4) is 0 Å². The first-order valence-corrected chi connectivity index (χ1v) is 4.47. The van der Waals surface area contributed by atoms with Crippen LogP contribution in [-0.2, 0) is 0 Å². The van der Waals surface area contributed by atoms with Gasteiger partial charge in [-0.15, -0.1) is 0 Å². The number of hydrogen-bond acceptors (Lipinski definition) is 1. The Hall–Kier alpha value is -1.22. The molecule has 0 aliphatic carbocycles. The zero-order valence-electron chi connectivity index (χ0n) is 8.06. The van der Waals surface area contributed by atoms with Crippen molar-refractivity contribution in [3.63, 3.8) is 0 Å². The standard InChI is InChI=1S/C11H13F2N/c1-8-6-9(4-2-3-5-14)11(13)7-10(8)12/h2,4,6-7H,3,5,14H2,1H3. The van der Waals surface area contributed by atoms with E-state index in [4.69, 9.17) is 5.73 Å². The monoisotopic (exact) mass is 197 g/mol. The molecule has 1 aromatic carbocycles. The third kappa shape index (κ3) is 2.64. The molecule has 0 unspecified atom stereocenters. The first-order chi connectivity index (χ1) is 6.65. The van der Waals surface area contributed by atoms with Gasteiger partial charge in [-0.3, -0.25) is 0 Å². The molecule has 14 heavy (non-hydrogen) atoms. The van der Waals surface area contributed by atoms with Crippen molar-refractivity contribution in [3.05, 3.63) is 41.0 Å². The van der Waals surface area contributed by atoms with Crippen LogP contribution in [0.1, 0.15) is 17.5 Å². The zero-order valence-corrected chi connectivity index (χ0v) is 8.06. The summed E-state index contributed by atoms with van der Waals surface area (Å²) in [5.74, 6) is -1.06. The van der Waals surface area contributed by atoms with Gasteiger partial charge in [-0.2, -0.15) is 0 Å². The minimum absolute atomic E-state index is 0.400. The summed E-state index contributed by atoms with van der Waals surface area (Å²) in [5.41, 5.74) is 6.12. The summed E-state index contributed by atoms with van der Waals surface area (Å²) in [6, 6.07) is 2.38. The van der Waals surface area contributed by atoms with E-state index < -0.39 is 11.6 Å². The number of nitrogens with two attached hydrogens (primary N) is 1. The summed E-state index contributed by atoms with van der Waals surface area (Å²) in [6.07, 6.45) is 4.08. The van der Waals surface area contributed by atoms with Gasteiger partial charge >= 0.3 is 0 Å². The summed E-state index contributed by atoms with van der Waals surface area (Å²) in [7, 11) is 0. The summed E-state index contributed by atoms with van der Waals surface area (Å²) >= 11 is 0. The van der Waals surface area contributed by atoms with Crippen LogP contribution in [-0.4, -0.2) is 6.54 Å². The highest BCUT2D eigenvalue weighted by atomic mass is 19.1. The van der Waals surface area contributed by atoms with E-state index in [0.29, 0.717) is 24.1 Å². The van der Waals surface area contributed by atoms with Crippen LogP contribution >= 0.6 is 0 Å². The van der Waals surface area contributed by atoms with E-state index in [-0.39, 0.29) is 0 Å². The third-order valence-electron chi connectivity index (χ3n) is 1.91. The molecule has 0 aliphatic heterocycles. The average Bonchev–Trinajstić information content (AvgIpc) is 2.14. The Labute approximate surface area is 82.2 Å². The van der Waals surface area contributed by atoms with Gasteiger partial charge in [-0.25, -0.2) is 8.78 Å². The highest BCUT2D eigenvalue weighted by Gasteiger charge is 2.03. The Morgan fingerprint density at radius 2 is 2.00 bits per heavy atom. The second kappa shape index (κ2) is 4.86. The van der Waals surface area contributed by atoms with Gasteiger partial charge in [0.25, 0.3) is 0 Å². The first kappa shape index (κ1) is 10.9. The fourth-order valence-corrected chi connectivity index (χ4v) is 1.11. The van der Waals surface area contributed by atoms with Crippen molar-refractivity contribution in [1.82, 2.24) is 0 Å². The highest BCUT2D eigenvalue weighted by Crippen LogP contribution is 2.15. The summed E-state index contributed by atoms with van der Waals surface area (Å²) in [6.45, 7) is 2.13. The van der Waals surface area contributed by atoms with Crippen molar-refractivity contribution in [2.24, 2.45) is 5.73 Å². The molecular formula is C11H13F2N. The lowest BCUT2D eigenvalue weighted by Gasteiger charge is -2.00. The van der Waals surface area contributed by atoms with Crippen molar-refractivity contribution < 1.29 is 8.78 Å². The molecule has 0 saturated carbocycles. The topological polar surface area (TPSA) is 26.0 Å². The molecule has 0 aromatic heterocycles. The molecule has 0 fully saturated rings. The van der Waals surface area contributed by atoms with Crippen molar-refractivity contribution in [2.45, 2.75) is 13.3 Å². The molecule has 0 heterocycles. The van der Waals surface area contributed by atoms with E-state index in [1.54, 1.807) is 19.1 Å². The smallest absolute Gasteiger partial charge is 0.133 e. The normalized spacial score (nSPS) is 11.1. The summed E-state index contributed by atoms with van der Waals surface area (Å²) < 4.78 is 26.0. The van der Waals surface area contributed by atoms with E-state index in [9.17, 15) is 8.78 Å². The third-order valence-corrected chi connectivity index (χ3v) is 1.91. The van der Waals surface area contributed by atoms with Crippen molar-refractivity contribution >= 4 is 6.08 Å². The Bertz CT molecular complexity index is 345. The predicted molar refractivity (Wildman–Crippen MR) is 53.8 cm³/mol. The molecule has 0 bridgehead atoms. The van der Waals surface area contributed by atoms with Crippen LogP contribution in [0.4, 0.5) is 8.78 Å². The van der Waals surface area contributed by atoms with Crippen LogP contribution in [0.5, 0.6) is 0 Å². The number of aryl methyl sites for hydroxylation is 1. The minimum atomic E-state index is -0.540. The zero-order chi connectivity index (χ0) is 10.6. The van der Waals surface area contributed by atoms with Crippen LogP contribution < -0.4 is 5.73 Å². The Kier molecular flexibility index (Phi) is 3.77. The quantitative estimate of drug-likeness (QED) is 0.792. The van der Waals surface area contributed by atoms with Crippen LogP contribution in [0.3, 0.4) is 0 Å². The number of hydrogen-bond donors (Lipinski definition) is 1. The van der Waals surface area contributed by atoms with Gasteiger partial charge in [0, 0.05) is 11.6 Å². The lowest BCUT2D eigenvalue weighted by molar-refractivity contribution is 0.576. The van der Waals surface area contributed by atoms with Crippen LogP contribution in [0.2, 0.25) is 0 Å². The molecule has 3 heteroatoms. The minimum Gasteiger partial charge on any atom is -0.330 e. The molecule has 2 N–H and O–H groups in total. The van der Waals surface area contributed by atoms with Gasteiger partial charge in [0.1, 0.15) is 11.6 Å². The largest absolute Gasteiger partial charge is 0.330 e. The maximum absolute atomic E-state index is 13.1. The van der Waals surface area contributed by atoms with Crippen LogP contribution in [0, 0.1) is 18.6 Å². The highest BCUT2D eigenvalue weighted by molar-refractivity contribution is 5.51. The molecule has 0 aliphatic rings. The van der Waals surface area contributed by atoms with Gasteiger partial charge in [0.2, 0.25) is 0 Å². The van der Waals surface area contributed by atoms with Crippen LogP contribution in [0.25, 0.3) is 6.08 Å². The molecule has 1 rings (SSSR count). The van der Waals surface area contributed by atoms with Gasteiger partial charge in [0.15, 0.2) is 0 Å². The van der Waals surface area contributed by atoms with E-state index in [2.05, 4.69) is 0 Å². The molecule has 0 spiro atoms. The fraction of sp³-hybridized carbons (Fsp3) is 0.273. The van der Waals surface area contributed by atoms with E-state index >= 15 is 0 Å². The van der Waals surface area contributed by atoms with Crippen molar-refractivity contribution in [1.29, 1.82) is 0 Å². The predicted octanol–water partition coefficient (Wildman–Crippen LogP) is 2.64. The molecule has 1 nitrogen and oxygen atoms in total. The van der Waals surface area contributed by atoms with E-state index in [0.717, 1.165) is 6.07 Å². The maximum Gasteiger partial charge on any atom is 0.133 e. The lowest BCUT2D eigenvalue weighted by atomic mass is 10.1. The number of halogens is 2. The molecular weight excluding hydrogens is 184 g/mol. The van der Waals surface area contributed by atoms with Gasteiger partial charge in [-0.05, 0) is 31.5 Å². The molecule has 0 amide bonds. The molecule has 1 aromatic rings. The average molecular weight is 197 g/mol. The molecule has 0 radical (unpaired) electrons. The number of rotatable bonds is 3. The van der Waals surface area contributed by atoms with Gasteiger partial charge in [-0.1, -0.05) is 12.2 Å². The number of benzene rings is 1. The first-order valence-electron chi connectivity index (χ1n) is 4.47. The van der Waals surface area contributed by atoms with Crippen molar-refractivity contribution in [2.75, 3.05) is 6.54 Å². The Morgan fingerprint density at radius 1 is 1.29 bits per heavy atom. The van der Waals surface area contributed by atoms with Gasteiger partial charge in [0.05, 0.1) is 0 Å². The fourth-order valence-electron chi connectivity index (χ4n) is 1.11. The van der Waals surface area contributed by atoms with Gasteiger partial charge < -0.3 is 5.73 Å². The summed E-state index contributed by atoms with van der Waals surface area (Å²) in [5, 5.41) is 0. The Balaban J connectivity index is 2.92. The van der Waals surface area contributed by atoms with Crippen LogP contribution in [0.15, 0.2) is 18.2 Å². The second-order valence-electron chi connectivity index (χ2n) is 3.10.